The normalized spacial score (nSPS) is 11.5. The molecule has 0 fully saturated rings. The average molecular weight is 361 g/mol. The quantitative estimate of drug-likeness (QED) is 0.770. The zero-order valence-corrected chi connectivity index (χ0v) is 13.7. The number of nitrogens with zero attached hydrogens (tertiary/aromatic N) is 2. The van der Waals surface area contributed by atoms with Gasteiger partial charge in [-0.25, -0.2) is 4.98 Å². The summed E-state index contributed by atoms with van der Waals surface area (Å²) in [5.74, 6) is 0.424. The number of amides is 1. The first-order valence-corrected chi connectivity index (χ1v) is 7.64. The Hall–Kier alpha value is -2.02. The van der Waals surface area contributed by atoms with Gasteiger partial charge in [-0.05, 0) is 12.1 Å². The number of carbonyl (C=O) groups is 1. The fraction of sp³-hybridized carbons (Fsp3) is 0.375. The molecular weight excluding hydrogens is 345 g/mol. The lowest BCUT2D eigenvalue weighted by Crippen LogP contribution is -2.30. The molecule has 8 heteroatoms. The summed E-state index contributed by atoms with van der Waals surface area (Å²) < 4.78 is 42.0. The van der Waals surface area contributed by atoms with Crippen molar-refractivity contribution in [3.8, 4) is 11.3 Å². The first-order valence-electron chi connectivity index (χ1n) is 7.26. The van der Waals surface area contributed by atoms with Crippen molar-refractivity contribution in [3.63, 3.8) is 0 Å². The Kier molecular flexibility index (Phi) is 5.88. The first-order chi connectivity index (χ1) is 11.3. The summed E-state index contributed by atoms with van der Waals surface area (Å²) in [6.07, 6.45) is -3.56. The molecule has 0 radical (unpaired) electrons. The zero-order chi connectivity index (χ0) is 17.7. The van der Waals surface area contributed by atoms with E-state index in [1.165, 1.54) is 13.2 Å². The minimum atomic E-state index is -4.28. The third kappa shape index (κ3) is 5.26. The molecule has 2 rings (SSSR count). The maximum atomic E-state index is 12.2. The molecule has 4 nitrogen and oxygen atoms in total. The Balaban J connectivity index is 1.89. The summed E-state index contributed by atoms with van der Waals surface area (Å²) in [6.45, 7) is -0.362. The standard InChI is InChI=1S/C16H16ClF3N2O2/c1-22(9-8-16(18,19)20)15(23)7-6-14-21-10-13(24-14)11-4-2-3-5-12(11)17/h2-5,10H,6-9H2,1H3. The van der Waals surface area contributed by atoms with Crippen LogP contribution >= 0.6 is 11.6 Å². The Morgan fingerprint density at radius 2 is 2.04 bits per heavy atom. The van der Waals surface area contributed by atoms with E-state index in [0.29, 0.717) is 22.2 Å². The fourth-order valence-corrected chi connectivity index (χ4v) is 2.26. The largest absolute Gasteiger partial charge is 0.441 e. The van der Waals surface area contributed by atoms with Crippen molar-refractivity contribution < 1.29 is 22.4 Å². The van der Waals surface area contributed by atoms with E-state index in [-0.39, 0.29) is 19.4 Å². The maximum Gasteiger partial charge on any atom is 0.390 e. The highest BCUT2D eigenvalue weighted by molar-refractivity contribution is 6.33. The smallest absolute Gasteiger partial charge is 0.390 e. The summed E-state index contributed by atoms with van der Waals surface area (Å²) in [6, 6.07) is 7.10. The van der Waals surface area contributed by atoms with Gasteiger partial charge in [-0.3, -0.25) is 4.79 Å². The molecule has 0 bridgehead atoms. The zero-order valence-electron chi connectivity index (χ0n) is 12.9. The molecule has 0 aliphatic rings. The van der Waals surface area contributed by atoms with E-state index < -0.39 is 18.5 Å². The number of alkyl halides is 3. The number of carbonyl (C=O) groups excluding carboxylic acids is 1. The summed E-state index contributed by atoms with van der Waals surface area (Å²) >= 11 is 6.07. The van der Waals surface area contributed by atoms with Gasteiger partial charge in [-0.2, -0.15) is 13.2 Å². The van der Waals surface area contributed by atoms with Gasteiger partial charge in [0.15, 0.2) is 11.7 Å². The van der Waals surface area contributed by atoms with E-state index in [4.69, 9.17) is 16.0 Å². The van der Waals surface area contributed by atoms with Crippen LogP contribution in [-0.2, 0) is 11.2 Å². The van der Waals surface area contributed by atoms with E-state index in [1.807, 2.05) is 6.07 Å². The lowest BCUT2D eigenvalue weighted by atomic mass is 10.2. The van der Waals surface area contributed by atoms with Crippen LogP contribution in [0.1, 0.15) is 18.7 Å². The molecule has 24 heavy (non-hydrogen) atoms. The number of rotatable bonds is 6. The lowest BCUT2D eigenvalue weighted by molar-refractivity contribution is -0.144. The number of oxazole rings is 1. The predicted octanol–water partition coefficient (Wildman–Crippen LogP) is 4.34. The van der Waals surface area contributed by atoms with Crippen LogP contribution in [0.15, 0.2) is 34.9 Å². The third-order valence-electron chi connectivity index (χ3n) is 3.40. The van der Waals surface area contributed by atoms with Crippen LogP contribution in [0.25, 0.3) is 11.3 Å². The van der Waals surface area contributed by atoms with E-state index >= 15 is 0 Å². The van der Waals surface area contributed by atoms with Gasteiger partial charge in [0.2, 0.25) is 5.91 Å². The first kappa shape index (κ1) is 18.3. The molecule has 0 saturated heterocycles. The van der Waals surface area contributed by atoms with Crippen molar-refractivity contribution in [2.24, 2.45) is 0 Å². The Bertz CT molecular complexity index is 701. The molecule has 1 heterocycles. The monoisotopic (exact) mass is 360 g/mol. The van der Waals surface area contributed by atoms with Gasteiger partial charge in [0.25, 0.3) is 0 Å². The molecule has 1 aromatic heterocycles. The van der Waals surface area contributed by atoms with E-state index in [0.717, 1.165) is 4.90 Å². The van der Waals surface area contributed by atoms with Crippen molar-refractivity contribution in [1.29, 1.82) is 0 Å². The minimum absolute atomic E-state index is 0.0246. The van der Waals surface area contributed by atoms with Crippen molar-refractivity contribution in [2.75, 3.05) is 13.6 Å². The van der Waals surface area contributed by atoms with E-state index in [9.17, 15) is 18.0 Å². The second kappa shape index (κ2) is 7.70. The Morgan fingerprint density at radius 3 is 2.71 bits per heavy atom. The van der Waals surface area contributed by atoms with Crippen LogP contribution in [0, 0.1) is 0 Å². The van der Waals surface area contributed by atoms with Crippen molar-refractivity contribution in [1.82, 2.24) is 9.88 Å². The molecule has 0 spiro atoms. The van der Waals surface area contributed by atoms with Gasteiger partial charge in [0.05, 0.1) is 17.6 Å². The molecule has 0 aliphatic heterocycles. The molecular formula is C16H16ClF3N2O2. The molecule has 0 N–H and O–H groups in total. The number of benzene rings is 1. The second-order valence-corrected chi connectivity index (χ2v) is 5.69. The maximum absolute atomic E-state index is 12.2. The molecule has 1 amide bonds. The fourth-order valence-electron chi connectivity index (χ4n) is 2.04. The molecule has 0 atom stereocenters. The SMILES string of the molecule is CN(CCC(F)(F)F)C(=O)CCc1ncc(-c2ccccc2Cl)o1. The number of halogens is 4. The van der Waals surface area contributed by atoms with Crippen molar-refractivity contribution >= 4 is 17.5 Å². The number of hydrogen-bond acceptors (Lipinski definition) is 3. The van der Waals surface area contributed by atoms with Crippen LogP contribution in [0.3, 0.4) is 0 Å². The Morgan fingerprint density at radius 1 is 1.33 bits per heavy atom. The second-order valence-electron chi connectivity index (χ2n) is 5.28. The molecule has 0 unspecified atom stereocenters. The number of aromatic nitrogens is 1. The van der Waals surface area contributed by atoms with Crippen LogP contribution in [0.5, 0.6) is 0 Å². The van der Waals surface area contributed by atoms with Crippen LogP contribution in [0.2, 0.25) is 5.02 Å². The molecule has 2 aromatic rings. The van der Waals surface area contributed by atoms with Crippen LogP contribution in [0.4, 0.5) is 13.2 Å². The lowest BCUT2D eigenvalue weighted by Gasteiger charge is -2.17. The third-order valence-corrected chi connectivity index (χ3v) is 3.73. The molecule has 0 aliphatic carbocycles. The number of hydrogen-bond donors (Lipinski definition) is 0. The summed E-state index contributed by atoms with van der Waals surface area (Å²) in [5.41, 5.74) is 0.687. The highest BCUT2D eigenvalue weighted by atomic mass is 35.5. The van der Waals surface area contributed by atoms with Gasteiger partial charge >= 0.3 is 6.18 Å². The highest BCUT2D eigenvalue weighted by Crippen LogP contribution is 2.28. The number of aryl methyl sites for hydroxylation is 1. The van der Waals surface area contributed by atoms with Crippen molar-refractivity contribution in [3.05, 3.63) is 41.4 Å². The topological polar surface area (TPSA) is 46.3 Å². The minimum Gasteiger partial charge on any atom is -0.441 e. The van der Waals surface area contributed by atoms with Gasteiger partial charge in [-0.1, -0.05) is 23.7 Å². The summed E-state index contributed by atoms with van der Waals surface area (Å²) in [5, 5.41) is 0.517. The average Bonchev–Trinajstić information content (AvgIpc) is 2.98. The van der Waals surface area contributed by atoms with Gasteiger partial charge in [0, 0.05) is 32.0 Å². The van der Waals surface area contributed by atoms with Crippen molar-refractivity contribution in [2.45, 2.75) is 25.4 Å². The van der Waals surface area contributed by atoms with E-state index in [1.54, 1.807) is 18.2 Å². The van der Waals surface area contributed by atoms with Gasteiger partial charge in [-0.15, -0.1) is 0 Å². The predicted molar refractivity (Wildman–Crippen MR) is 83.6 cm³/mol. The highest BCUT2D eigenvalue weighted by Gasteiger charge is 2.28. The molecule has 0 saturated carbocycles. The van der Waals surface area contributed by atoms with E-state index in [2.05, 4.69) is 4.98 Å². The van der Waals surface area contributed by atoms with Gasteiger partial charge in [0.1, 0.15) is 0 Å². The molecule has 130 valence electrons. The molecule has 1 aromatic carbocycles. The van der Waals surface area contributed by atoms with Gasteiger partial charge < -0.3 is 9.32 Å². The van der Waals surface area contributed by atoms with Crippen LogP contribution in [-0.4, -0.2) is 35.6 Å². The Labute approximate surface area is 142 Å². The van der Waals surface area contributed by atoms with Crippen LogP contribution < -0.4 is 0 Å². The summed E-state index contributed by atoms with van der Waals surface area (Å²) in [4.78, 5) is 17.0. The summed E-state index contributed by atoms with van der Waals surface area (Å²) in [7, 11) is 1.35.